The number of carbonyl (C=O) groups excluding carboxylic acids is 1. The van der Waals surface area contributed by atoms with Crippen LogP contribution in [0, 0.1) is 11.8 Å². The molecule has 0 saturated heterocycles. The molecule has 2 nitrogen and oxygen atoms in total. The Balaban J connectivity index is 4.08. The summed E-state index contributed by atoms with van der Waals surface area (Å²) in [6.07, 6.45) is 34.5. The van der Waals surface area contributed by atoms with Crippen LogP contribution in [-0.2, 0) is 9.53 Å². The molecule has 2 atom stereocenters. The maximum atomic E-state index is 12.6. The van der Waals surface area contributed by atoms with E-state index in [4.69, 9.17) is 4.74 Å². The van der Waals surface area contributed by atoms with Crippen molar-refractivity contribution in [2.45, 2.75) is 195 Å². The van der Waals surface area contributed by atoms with E-state index in [1.165, 1.54) is 161 Å². The second-order valence-electron chi connectivity index (χ2n) is 11.8. The van der Waals surface area contributed by atoms with E-state index in [9.17, 15) is 4.79 Å². The Labute approximate surface area is 228 Å². The normalized spacial score (nSPS) is 13.1. The lowest BCUT2D eigenvalue weighted by molar-refractivity contribution is -0.149. The number of ether oxygens (including phenoxy) is 1. The zero-order valence-corrected chi connectivity index (χ0v) is 25.6. The smallest absolute Gasteiger partial charge is 0.308 e. The van der Waals surface area contributed by atoms with Gasteiger partial charge in [0.1, 0.15) is 0 Å². The zero-order chi connectivity index (χ0) is 26.5. The molecular formula is C34H68O2. The summed E-state index contributed by atoms with van der Waals surface area (Å²) >= 11 is 0. The van der Waals surface area contributed by atoms with Crippen molar-refractivity contribution in [3.05, 3.63) is 0 Å². The largest absolute Gasteiger partial charge is 0.465 e. The molecule has 0 fully saturated rings. The molecule has 0 heterocycles. The molecule has 0 aliphatic heterocycles. The average molecular weight is 509 g/mol. The molecule has 0 aromatic carbocycles. The summed E-state index contributed by atoms with van der Waals surface area (Å²) in [4.78, 5) is 12.6. The first-order chi connectivity index (χ1) is 17.7. The van der Waals surface area contributed by atoms with E-state index < -0.39 is 0 Å². The van der Waals surface area contributed by atoms with Crippen LogP contribution in [0.4, 0.5) is 0 Å². The van der Waals surface area contributed by atoms with Crippen molar-refractivity contribution in [1.82, 2.24) is 0 Å². The summed E-state index contributed by atoms with van der Waals surface area (Å²) in [6.45, 7) is 9.58. The predicted octanol–water partition coefficient (Wildman–Crippen LogP) is 12.0. The SMILES string of the molecule is CCCCCCCCCCCC(C)C(=O)OCC(CCCCCCCC)CCCCCCCCCC. The summed E-state index contributed by atoms with van der Waals surface area (Å²) in [6, 6.07) is 0. The first-order valence-electron chi connectivity index (χ1n) is 16.8. The molecule has 0 amide bonds. The molecule has 216 valence electrons. The zero-order valence-electron chi connectivity index (χ0n) is 25.6. The van der Waals surface area contributed by atoms with Gasteiger partial charge in [0, 0.05) is 0 Å². The Bertz CT molecular complexity index is 433. The Morgan fingerprint density at radius 3 is 1.14 bits per heavy atom. The van der Waals surface area contributed by atoms with Crippen molar-refractivity contribution in [2.24, 2.45) is 11.8 Å². The standard InChI is InChI=1S/C34H68O2/c1-5-8-11-14-17-19-20-22-25-28-32(4)34(35)36-31-33(29-26-23-16-13-10-7-3)30-27-24-21-18-15-12-9-6-2/h32-33H,5-31H2,1-4H3. The number of unbranched alkanes of at least 4 members (excludes halogenated alkanes) is 20. The lowest BCUT2D eigenvalue weighted by Gasteiger charge is -2.19. The highest BCUT2D eigenvalue weighted by molar-refractivity contribution is 5.71. The molecule has 2 heteroatoms. The van der Waals surface area contributed by atoms with E-state index >= 15 is 0 Å². The number of rotatable bonds is 29. The van der Waals surface area contributed by atoms with Gasteiger partial charge in [0.25, 0.3) is 0 Å². The number of hydrogen-bond acceptors (Lipinski definition) is 2. The first kappa shape index (κ1) is 35.5. The third kappa shape index (κ3) is 25.1. The van der Waals surface area contributed by atoms with Gasteiger partial charge in [-0.25, -0.2) is 0 Å². The summed E-state index contributed by atoms with van der Waals surface area (Å²) in [5.74, 6) is 0.686. The van der Waals surface area contributed by atoms with Gasteiger partial charge in [-0.2, -0.15) is 0 Å². The highest BCUT2D eigenvalue weighted by atomic mass is 16.5. The van der Waals surface area contributed by atoms with Gasteiger partial charge in [-0.15, -0.1) is 0 Å². The minimum absolute atomic E-state index is 0.0541. The fraction of sp³-hybridized carbons (Fsp3) is 0.971. The van der Waals surface area contributed by atoms with Gasteiger partial charge in [0.2, 0.25) is 0 Å². The van der Waals surface area contributed by atoms with Crippen molar-refractivity contribution < 1.29 is 9.53 Å². The summed E-state index contributed by atoms with van der Waals surface area (Å²) in [7, 11) is 0. The van der Waals surface area contributed by atoms with Crippen molar-refractivity contribution in [2.75, 3.05) is 6.61 Å². The summed E-state index contributed by atoms with van der Waals surface area (Å²) < 4.78 is 5.88. The molecule has 0 radical (unpaired) electrons. The number of hydrogen-bond donors (Lipinski definition) is 0. The van der Waals surface area contributed by atoms with Crippen LogP contribution in [-0.4, -0.2) is 12.6 Å². The quantitative estimate of drug-likeness (QED) is 0.0741. The average Bonchev–Trinajstić information content (AvgIpc) is 2.88. The second-order valence-corrected chi connectivity index (χ2v) is 11.8. The van der Waals surface area contributed by atoms with Crippen molar-refractivity contribution in [1.29, 1.82) is 0 Å². The first-order valence-corrected chi connectivity index (χ1v) is 16.8. The van der Waals surface area contributed by atoms with Crippen LogP contribution in [0.5, 0.6) is 0 Å². The molecule has 0 N–H and O–H groups in total. The number of esters is 1. The van der Waals surface area contributed by atoms with Gasteiger partial charge in [-0.1, -0.05) is 175 Å². The van der Waals surface area contributed by atoms with Gasteiger partial charge in [0.15, 0.2) is 0 Å². The third-order valence-electron chi connectivity index (χ3n) is 8.04. The lowest BCUT2D eigenvalue weighted by atomic mass is 9.94. The van der Waals surface area contributed by atoms with E-state index in [1.54, 1.807) is 0 Å². The van der Waals surface area contributed by atoms with Crippen LogP contribution in [0.25, 0.3) is 0 Å². The molecule has 36 heavy (non-hydrogen) atoms. The molecule has 0 rings (SSSR count). The second kappa shape index (κ2) is 29.0. The molecule has 0 aromatic rings. The maximum Gasteiger partial charge on any atom is 0.308 e. The molecule has 0 bridgehead atoms. The summed E-state index contributed by atoms with van der Waals surface area (Å²) in [5.41, 5.74) is 0. The van der Waals surface area contributed by atoms with Crippen molar-refractivity contribution in [3.63, 3.8) is 0 Å². The summed E-state index contributed by atoms with van der Waals surface area (Å²) in [5, 5.41) is 0. The van der Waals surface area contributed by atoms with Gasteiger partial charge in [-0.05, 0) is 25.2 Å². The lowest BCUT2D eigenvalue weighted by Crippen LogP contribution is -2.20. The fourth-order valence-corrected chi connectivity index (χ4v) is 5.31. The molecule has 2 unspecified atom stereocenters. The Morgan fingerprint density at radius 1 is 0.472 bits per heavy atom. The Kier molecular flexibility index (Phi) is 28.6. The fourth-order valence-electron chi connectivity index (χ4n) is 5.31. The van der Waals surface area contributed by atoms with Crippen LogP contribution >= 0.6 is 0 Å². The van der Waals surface area contributed by atoms with Gasteiger partial charge in [0.05, 0.1) is 12.5 Å². The predicted molar refractivity (Wildman–Crippen MR) is 161 cm³/mol. The highest BCUT2D eigenvalue weighted by Crippen LogP contribution is 2.21. The van der Waals surface area contributed by atoms with Crippen molar-refractivity contribution in [3.8, 4) is 0 Å². The van der Waals surface area contributed by atoms with Gasteiger partial charge < -0.3 is 4.74 Å². The van der Waals surface area contributed by atoms with Crippen LogP contribution < -0.4 is 0 Å². The van der Waals surface area contributed by atoms with E-state index in [0.29, 0.717) is 12.5 Å². The monoisotopic (exact) mass is 509 g/mol. The van der Waals surface area contributed by atoms with Crippen molar-refractivity contribution >= 4 is 5.97 Å². The van der Waals surface area contributed by atoms with Gasteiger partial charge >= 0.3 is 5.97 Å². The minimum atomic E-state index is 0.0541. The van der Waals surface area contributed by atoms with Crippen LogP contribution in [0.1, 0.15) is 195 Å². The van der Waals surface area contributed by atoms with E-state index in [-0.39, 0.29) is 11.9 Å². The molecule has 0 saturated carbocycles. The van der Waals surface area contributed by atoms with E-state index in [1.807, 2.05) is 0 Å². The van der Waals surface area contributed by atoms with E-state index in [0.717, 1.165) is 6.42 Å². The molecule has 0 aliphatic rings. The van der Waals surface area contributed by atoms with Crippen LogP contribution in [0.3, 0.4) is 0 Å². The third-order valence-corrected chi connectivity index (χ3v) is 8.04. The topological polar surface area (TPSA) is 26.3 Å². The Hall–Kier alpha value is -0.530. The minimum Gasteiger partial charge on any atom is -0.465 e. The molecular weight excluding hydrogens is 440 g/mol. The molecule has 0 spiro atoms. The number of carbonyl (C=O) groups is 1. The van der Waals surface area contributed by atoms with Crippen LogP contribution in [0.15, 0.2) is 0 Å². The molecule has 0 aromatic heterocycles. The maximum absolute atomic E-state index is 12.6. The van der Waals surface area contributed by atoms with E-state index in [2.05, 4.69) is 27.7 Å². The Morgan fingerprint density at radius 2 is 0.778 bits per heavy atom. The van der Waals surface area contributed by atoms with Crippen LogP contribution in [0.2, 0.25) is 0 Å². The van der Waals surface area contributed by atoms with Gasteiger partial charge in [-0.3, -0.25) is 4.79 Å². The highest BCUT2D eigenvalue weighted by Gasteiger charge is 2.17. The molecule has 0 aliphatic carbocycles.